The summed E-state index contributed by atoms with van der Waals surface area (Å²) < 4.78 is 61.6. The third-order valence-corrected chi connectivity index (χ3v) is 7.77. The van der Waals surface area contributed by atoms with E-state index in [0.29, 0.717) is 17.9 Å². The Labute approximate surface area is 209 Å². The predicted octanol–water partition coefficient (Wildman–Crippen LogP) is 4.37. The Hall–Kier alpha value is -3.11. The molecule has 4 rings (SSSR count). The Morgan fingerprint density at radius 1 is 1.17 bits per heavy atom. The van der Waals surface area contributed by atoms with Crippen molar-refractivity contribution >= 4 is 15.7 Å². The van der Waals surface area contributed by atoms with E-state index in [9.17, 15) is 22.0 Å². The number of rotatable bonds is 9. The van der Waals surface area contributed by atoms with Gasteiger partial charge < -0.3 is 14.2 Å². The maximum Gasteiger partial charge on any atom is 0.254 e. The molecule has 1 aromatic heterocycles. The first-order chi connectivity index (χ1) is 17.2. The molecule has 0 spiro atoms. The number of hydrogen-bond acceptors (Lipinski definition) is 5. The van der Waals surface area contributed by atoms with Crippen LogP contribution in [-0.2, 0) is 33.4 Å². The van der Waals surface area contributed by atoms with Gasteiger partial charge in [0, 0.05) is 23.8 Å². The summed E-state index contributed by atoms with van der Waals surface area (Å²) in [4.78, 5) is 19.0. The Bertz CT molecular complexity index is 1320. The summed E-state index contributed by atoms with van der Waals surface area (Å²) in [7, 11) is -4.01. The van der Waals surface area contributed by atoms with Gasteiger partial charge in [0.15, 0.2) is 0 Å². The van der Waals surface area contributed by atoms with Crippen LogP contribution in [0.2, 0.25) is 0 Å². The molecule has 36 heavy (non-hydrogen) atoms. The minimum absolute atomic E-state index is 0.0565. The van der Waals surface area contributed by atoms with Crippen molar-refractivity contribution in [2.24, 2.45) is 0 Å². The molecule has 0 bridgehead atoms. The van der Waals surface area contributed by atoms with E-state index >= 15 is 0 Å². The Morgan fingerprint density at radius 2 is 1.89 bits per heavy atom. The highest BCUT2D eigenvalue weighted by Gasteiger charge is 2.29. The van der Waals surface area contributed by atoms with Gasteiger partial charge in [0.1, 0.15) is 11.6 Å². The molecule has 1 fully saturated rings. The number of aromatic nitrogens is 2. The zero-order valence-corrected chi connectivity index (χ0v) is 21.0. The van der Waals surface area contributed by atoms with Gasteiger partial charge in [-0.2, -0.15) is 0 Å². The molecular weight excluding hydrogens is 488 g/mol. The quantitative estimate of drug-likeness (QED) is 0.421. The van der Waals surface area contributed by atoms with E-state index in [1.807, 2.05) is 13.8 Å². The zero-order valence-electron chi connectivity index (χ0n) is 20.2. The number of sulfone groups is 1. The first-order valence-corrected chi connectivity index (χ1v) is 13.5. The van der Waals surface area contributed by atoms with Crippen LogP contribution in [0.1, 0.15) is 48.3 Å². The number of carbonyl (C=O) groups excluding carboxylic acids is 1. The predicted molar refractivity (Wildman–Crippen MR) is 130 cm³/mol. The summed E-state index contributed by atoms with van der Waals surface area (Å²) in [5.41, 5.74) is 0.894. The van der Waals surface area contributed by atoms with Gasteiger partial charge in [0.25, 0.3) is 5.91 Å². The topological polar surface area (TPSA) is 81.5 Å². The Balaban J connectivity index is 1.68. The summed E-state index contributed by atoms with van der Waals surface area (Å²) in [6, 6.07) is 10.8. The van der Waals surface area contributed by atoms with Gasteiger partial charge in [-0.15, -0.1) is 0 Å². The lowest BCUT2D eigenvalue weighted by atomic mass is 10.1. The van der Waals surface area contributed by atoms with Crippen LogP contribution < -0.4 is 0 Å². The Morgan fingerprint density at radius 3 is 2.53 bits per heavy atom. The molecular formula is C26H29F2N3O4S. The number of amides is 1. The lowest BCUT2D eigenvalue weighted by molar-refractivity contribution is 0.0678. The summed E-state index contributed by atoms with van der Waals surface area (Å²) >= 11 is 0. The smallest absolute Gasteiger partial charge is 0.254 e. The van der Waals surface area contributed by atoms with Crippen LogP contribution in [0.15, 0.2) is 59.9 Å². The van der Waals surface area contributed by atoms with E-state index in [-0.39, 0.29) is 41.9 Å². The molecule has 1 amide bonds. The normalized spacial score (nSPS) is 16.0. The van der Waals surface area contributed by atoms with Crippen molar-refractivity contribution in [1.82, 2.24) is 14.5 Å². The van der Waals surface area contributed by atoms with Gasteiger partial charge >= 0.3 is 0 Å². The summed E-state index contributed by atoms with van der Waals surface area (Å²) in [6.07, 6.45) is 2.89. The first-order valence-electron chi connectivity index (χ1n) is 11.8. The molecule has 0 aliphatic carbocycles. The highest BCUT2D eigenvalue weighted by atomic mass is 32.2. The molecule has 0 radical (unpaired) electrons. The SMILES string of the molecule is CC(C)N(Cc1cnc(S(=O)(=O)Cc2ccccc2F)n1C[C@@H]1CCCO1)C(=O)c1ccc(F)cc1. The van der Waals surface area contributed by atoms with Crippen molar-refractivity contribution in [3.63, 3.8) is 0 Å². The van der Waals surface area contributed by atoms with Crippen molar-refractivity contribution in [2.75, 3.05) is 6.61 Å². The second kappa shape index (κ2) is 10.9. The molecule has 0 unspecified atom stereocenters. The molecule has 2 aromatic carbocycles. The van der Waals surface area contributed by atoms with Gasteiger partial charge in [-0.25, -0.2) is 22.2 Å². The van der Waals surface area contributed by atoms with Crippen molar-refractivity contribution < 1.29 is 26.7 Å². The molecule has 1 aliphatic heterocycles. The van der Waals surface area contributed by atoms with Crippen LogP contribution in [0.5, 0.6) is 0 Å². The van der Waals surface area contributed by atoms with Crippen molar-refractivity contribution in [2.45, 2.75) is 62.8 Å². The highest BCUT2D eigenvalue weighted by Crippen LogP contribution is 2.24. The van der Waals surface area contributed by atoms with E-state index in [2.05, 4.69) is 4.98 Å². The lowest BCUT2D eigenvalue weighted by Gasteiger charge is -2.28. The van der Waals surface area contributed by atoms with Crippen molar-refractivity contribution in [3.05, 3.63) is 83.2 Å². The molecule has 1 aliphatic rings. The van der Waals surface area contributed by atoms with Gasteiger partial charge in [0.05, 0.1) is 36.8 Å². The summed E-state index contributed by atoms with van der Waals surface area (Å²) in [5.74, 6) is -1.90. The second-order valence-electron chi connectivity index (χ2n) is 9.16. The van der Waals surface area contributed by atoms with E-state index < -0.39 is 27.2 Å². The number of halogens is 2. The van der Waals surface area contributed by atoms with Crippen LogP contribution >= 0.6 is 0 Å². The lowest BCUT2D eigenvalue weighted by Crippen LogP contribution is -2.37. The maximum atomic E-state index is 14.2. The third kappa shape index (κ3) is 5.82. The molecule has 7 nitrogen and oxygen atoms in total. The molecule has 2 heterocycles. The number of nitrogens with zero attached hydrogens (tertiary/aromatic N) is 3. The number of benzene rings is 2. The van der Waals surface area contributed by atoms with E-state index in [0.717, 1.165) is 12.8 Å². The zero-order chi connectivity index (χ0) is 25.9. The number of ether oxygens (including phenoxy) is 1. The molecule has 0 N–H and O–H groups in total. The minimum atomic E-state index is -4.01. The Kier molecular flexibility index (Phi) is 7.85. The van der Waals surface area contributed by atoms with Crippen LogP contribution in [0.4, 0.5) is 8.78 Å². The van der Waals surface area contributed by atoms with E-state index in [4.69, 9.17) is 4.74 Å². The molecule has 10 heteroatoms. The van der Waals surface area contributed by atoms with Gasteiger partial charge in [0.2, 0.25) is 15.0 Å². The molecule has 1 saturated heterocycles. The monoisotopic (exact) mass is 517 g/mol. The summed E-state index contributed by atoms with van der Waals surface area (Å²) in [6.45, 7) is 4.62. The first kappa shape index (κ1) is 26.0. The van der Waals surface area contributed by atoms with Gasteiger partial charge in [-0.05, 0) is 57.0 Å². The standard InChI is InChI=1S/C26H29F2N3O4S/c1-18(2)30(25(32)19-9-11-21(27)12-10-19)15-22-14-29-26(31(22)16-23-7-5-13-35-23)36(33,34)17-20-6-3-4-8-24(20)28/h3-4,6,8-12,14,18,23H,5,7,13,15-17H2,1-2H3/t23-/m0/s1. The fourth-order valence-corrected chi connectivity index (χ4v) is 5.77. The summed E-state index contributed by atoms with van der Waals surface area (Å²) in [5, 5.41) is -0.186. The highest BCUT2D eigenvalue weighted by molar-refractivity contribution is 7.90. The molecule has 1 atom stereocenters. The van der Waals surface area contributed by atoms with Crippen molar-refractivity contribution in [1.29, 1.82) is 0 Å². The number of imidazole rings is 1. The van der Waals surface area contributed by atoms with Crippen LogP contribution in [-0.4, -0.2) is 47.5 Å². The number of hydrogen-bond donors (Lipinski definition) is 0. The van der Waals surface area contributed by atoms with Gasteiger partial charge in [-0.3, -0.25) is 4.79 Å². The third-order valence-electron chi connectivity index (χ3n) is 6.20. The van der Waals surface area contributed by atoms with E-state index in [1.165, 1.54) is 48.7 Å². The van der Waals surface area contributed by atoms with E-state index in [1.54, 1.807) is 15.5 Å². The van der Waals surface area contributed by atoms with Crippen LogP contribution in [0.3, 0.4) is 0 Å². The second-order valence-corrected chi connectivity index (χ2v) is 11.0. The minimum Gasteiger partial charge on any atom is -0.376 e. The number of carbonyl (C=O) groups is 1. The fraction of sp³-hybridized carbons (Fsp3) is 0.385. The average molecular weight is 518 g/mol. The van der Waals surface area contributed by atoms with Crippen molar-refractivity contribution in [3.8, 4) is 0 Å². The molecule has 0 saturated carbocycles. The van der Waals surface area contributed by atoms with Crippen LogP contribution in [0.25, 0.3) is 0 Å². The largest absolute Gasteiger partial charge is 0.376 e. The fourth-order valence-electron chi connectivity index (χ4n) is 4.26. The van der Waals surface area contributed by atoms with Gasteiger partial charge in [-0.1, -0.05) is 18.2 Å². The van der Waals surface area contributed by atoms with Crippen LogP contribution in [0, 0.1) is 11.6 Å². The molecule has 3 aromatic rings. The average Bonchev–Trinajstić information content (AvgIpc) is 3.49. The molecule has 192 valence electrons. The maximum absolute atomic E-state index is 14.2.